The Morgan fingerprint density at radius 1 is 1.45 bits per heavy atom. The van der Waals surface area contributed by atoms with Crippen molar-refractivity contribution in [3.8, 4) is 0 Å². The standard InChI is InChI=1S/C9H17NO/c1-4-5-10-6-8(2)11-9(3)7-10/h4,8-9H,1,5-7H2,2-3H3. The van der Waals surface area contributed by atoms with E-state index in [0.717, 1.165) is 19.6 Å². The van der Waals surface area contributed by atoms with Gasteiger partial charge in [0.25, 0.3) is 0 Å². The van der Waals surface area contributed by atoms with Crippen molar-refractivity contribution in [2.45, 2.75) is 26.1 Å². The number of ether oxygens (including phenoxy) is 1. The van der Waals surface area contributed by atoms with E-state index in [9.17, 15) is 0 Å². The van der Waals surface area contributed by atoms with Crippen LogP contribution in [0.3, 0.4) is 0 Å². The smallest absolute Gasteiger partial charge is 0.0678 e. The predicted molar refractivity (Wildman–Crippen MR) is 46.6 cm³/mol. The lowest BCUT2D eigenvalue weighted by Crippen LogP contribution is -2.45. The molecule has 0 saturated carbocycles. The molecule has 0 aromatic heterocycles. The Hall–Kier alpha value is -0.340. The van der Waals surface area contributed by atoms with Crippen LogP contribution in [0.1, 0.15) is 13.8 Å². The van der Waals surface area contributed by atoms with Crippen LogP contribution in [0.25, 0.3) is 0 Å². The number of hydrogen-bond acceptors (Lipinski definition) is 2. The Bertz CT molecular complexity index is 126. The van der Waals surface area contributed by atoms with Crippen LogP contribution in [-0.4, -0.2) is 36.7 Å². The van der Waals surface area contributed by atoms with Crippen molar-refractivity contribution in [3.05, 3.63) is 12.7 Å². The first kappa shape index (κ1) is 8.75. The topological polar surface area (TPSA) is 12.5 Å². The number of hydrogen-bond donors (Lipinski definition) is 0. The summed E-state index contributed by atoms with van der Waals surface area (Å²) >= 11 is 0. The normalized spacial score (nSPS) is 33.6. The molecule has 64 valence electrons. The lowest BCUT2D eigenvalue weighted by Gasteiger charge is -2.34. The van der Waals surface area contributed by atoms with Gasteiger partial charge in [-0.05, 0) is 13.8 Å². The van der Waals surface area contributed by atoms with Crippen LogP contribution in [0.15, 0.2) is 12.7 Å². The third kappa shape index (κ3) is 2.64. The van der Waals surface area contributed by atoms with Crippen LogP contribution in [0.2, 0.25) is 0 Å². The maximum absolute atomic E-state index is 5.59. The minimum absolute atomic E-state index is 0.374. The van der Waals surface area contributed by atoms with Crippen LogP contribution in [0.4, 0.5) is 0 Å². The zero-order valence-corrected chi connectivity index (χ0v) is 7.42. The summed E-state index contributed by atoms with van der Waals surface area (Å²) in [5.41, 5.74) is 0. The molecule has 1 aliphatic heterocycles. The number of rotatable bonds is 2. The Morgan fingerprint density at radius 2 is 2.00 bits per heavy atom. The summed E-state index contributed by atoms with van der Waals surface area (Å²) in [5.74, 6) is 0. The molecule has 11 heavy (non-hydrogen) atoms. The Kier molecular flexibility index (Phi) is 3.09. The van der Waals surface area contributed by atoms with Crippen molar-refractivity contribution in [2.75, 3.05) is 19.6 Å². The summed E-state index contributed by atoms with van der Waals surface area (Å²) in [4.78, 5) is 2.37. The second kappa shape index (κ2) is 3.88. The van der Waals surface area contributed by atoms with Crippen molar-refractivity contribution in [1.29, 1.82) is 0 Å². The van der Waals surface area contributed by atoms with E-state index < -0.39 is 0 Å². The van der Waals surface area contributed by atoms with Gasteiger partial charge in [-0.3, -0.25) is 4.90 Å². The summed E-state index contributed by atoms with van der Waals surface area (Å²) in [6.45, 7) is 11.0. The molecule has 0 aliphatic carbocycles. The Morgan fingerprint density at radius 3 is 2.45 bits per heavy atom. The molecule has 1 rings (SSSR count). The van der Waals surface area contributed by atoms with Gasteiger partial charge in [0.1, 0.15) is 0 Å². The molecule has 2 atom stereocenters. The summed E-state index contributed by atoms with van der Waals surface area (Å²) in [7, 11) is 0. The van der Waals surface area contributed by atoms with E-state index >= 15 is 0 Å². The van der Waals surface area contributed by atoms with Crippen LogP contribution in [0.5, 0.6) is 0 Å². The van der Waals surface area contributed by atoms with Gasteiger partial charge >= 0.3 is 0 Å². The second-order valence-electron chi connectivity index (χ2n) is 3.26. The molecule has 2 heteroatoms. The molecule has 0 N–H and O–H groups in total. The molecule has 1 saturated heterocycles. The first-order valence-electron chi connectivity index (χ1n) is 4.21. The second-order valence-corrected chi connectivity index (χ2v) is 3.26. The Labute approximate surface area is 68.8 Å². The van der Waals surface area contributed by atoms with E-state index in [1.165, 1.54) is 0 Å². The molecule has 0 radical (unpaired) electrons. The van der Waals surface area contributed by atoms with Gasteiger partial charge in [-0.2, -0.15) is 0 Å². The lowest BCUT2D eigenvalue weighted by atomic mass is 10.2. The van der Waals surface area contributed by atoms with Crippen LogP contribution >= 0.6 is 0 Å². The largest absolute Gasteiger partial charge is 0.373 e. The molecule has 2 unspecified atom stereocenters. The van der Waals surface area contributed by atoms with Crippen molar-refractivity contribution in [3.63, 3.8) is 0 Å². The summed E-state index contributed by atoms with van der Waals surface area (Å²) in [6.07, 6.45) is 2.70. The van der Waals surface area contributed by atoms with Crippen molar-refractivity contribution < 1.29 is 4.74 Å². The maximum Gasteiger partial charge on any atom is 0.0678 e. The summed E-state index contributed by atoms with van der Waals surface area (Å²) in [6, 6.07) is 0. The van der Waals surface area contributed by atoms with E-state index in [2.05, 4.69) is 25.3 Å². The van der Waals surface area contributed by atoms with E-state index in [4.69, 9.17) is 4.74 Å². The highest BCUT2D eigenvalue weighted by atomic mass is 16.5. The first-order chi connectivity index (χ1) is 5.22. The highest BCUT2D eigenvalue weighted by Crippen LogP contribution is 2.09. The monoisotopic (exact) mass is 155 g/mol. The average Bonchev–Trinajstić information content (AvgIpc) is 1.85. The highest BCUT2D eigenvalue weighted by Gasteiger charge is 2.20. The molecule has 1 heterocycles. The van der Waals surface area contributed by atoms with Gasteiger partial charge in [0.2, 0.25) is 0 Å². The molecule has 0 bridgehead atoms. The van der Waals surface area contributed by atoms with Gasteiger partial charge in [0.15, 0.2) is 0 Å². The number of nitrogens with zero attached hydrogens (tertiary/aromatic N) is 1. The molecule has 2 nitrogen and oxygen atoms in total. The minimum atomic E-state index is 0.374. The summed E-state index contributed by atoms with van der Waals surface area (Å²) < 4.78 is 5.59. The molecule has 0 spiro atoms. The molecule has 0 aromatic carbocycles. The van der Waals surface area contributed by atoms with Crippen molar-refractivity contribution in [1.82, 2.24) is 4.90 Å². The molecular weight excluding hydrogens is 138 g/mol. The fraction of sp³-hybridized carbons (Fsp3) is 0.778. The third-order valence-electron chi connectivity index (χ3n) is 1.88. The van der Waals surface area contributed by atoms with Gasteiger partial charge in [0, 0.05) is 19.6 Å². The van der Waals surface area contributed by atoms with Crippen molar-refractivity contribution >= 4 is 0 Å². The van der Waals surface area contributed by atoms with Gasteiger partial charge in [-0.1, -0.05) is 6.08 Å². The molecule has 0 amide bonds. The van der Waals surface area contributed by atoms with Gasteiger partial charge in [-0.25, -0.2) is 0 Å². The van der Waals surface area contributed by atoms with Gasteiger partial charge < -0.3 is 4.74 Å². The van der Waals surface area contributed by atoms with E-state index in [1.54, 1.807) is 0 Å². The molecular formula is C9H17NO. The zero-order valence-electron chi connectivity index (χ0n) is 7.42. The fourth-order valence-corrected chi connectivity index (χ4v) is 1.62. The van der Waals surface area contributed by atoms with E-state index in [1.807, 2.05) is 6.08 Å². The Balaban J connectivity index is 2.36. The molecule has 1 aliphatic rings. The van der Waals surface area contributed by atoms with Gasteiger partial charge in [-0.15, -0.1) is 6.58 Å². The molecule has 0 aromatic rings. The fourth-order valence-electron chi connectivity index (χ4n) is 1.62. The van der Waals surface area contributed by atoms with Crippen LogP contribution < -0.4 is 0 Å². The molecule has 1 fully saturated rings. The SMILES string of the molecule is C=CCN1CC(C)OC(C)C1. The minimum Gasteiger partial charge on any atom is -0.373 e. The highest BCUT2D eigenvalue weighted by molar-refractivity contribution is 4.79. The van der Waals surface area contributed by atoms with E-state index in [-0.39, 0.29) is 0 Å². The van der Waals surface area contributed by atoms with Crippen molar-refractivity contribution in [2.24, 2.45) is 0 Å². The quantitative estimate of drug-likeness (QED) is 0.557. The first-order valence-corrected chi connectivity index (χ1v) is 4.21. The average molecular weight is 155 g/mol. The van der Waals surface area contributed by atoms with E-state index in [0.29, 0.717) is 12.2 Å². The zero-order chi connectivity index (χ0) is 8.27. The summed E-state index contributed by atoms with van der Waals surface area (Å²) in [5, 5.41) is 0. The van der Waals surface area contributed by atoms with Crippen LogP contribution in [-0.2, 0) is 4.74 Å². The maximum atomic E-state index is 5.59. The lowest BCUT2D eigenvalue weighted by molar-refractivity contribution is -0.0646. The van der Waals surface area contributed by atoms with Crippen LogP contribution in [0, 0.1) is 0 Å². The number of morpholine rings is 1. The third-order valence-corrected chi connectivity index (χ3v) is 1.88. The predicted octanol–water partition coefficient (Wildman–Crippen LogP) is 1.28. The van der Waals surface area contributed by atoms with Gasteiger partial charge in [0.05, 0.1) is 12.2 Å².